The van der Waals surface area contributed by atoms with Crippen LogP contribution < -0.4 is 5.32 Å². The third-order valence-corrected chi connectivity index (χ3v) is 3.52. The van der Waals surface area contributed by atoms with Crippen molar-refractivity contribution in [2.75, 3.05) is 5.32 Å². The van der Waals surface area contributed by atoms with Crippen LogP contribution in [0.4, 0.5) is 5.69 Å². The Morgan fingerprint density at radius 2 is 2.11 bits per heavy atom. The summed E-state index contributed by atoms with van der Waals surface area (Å²) in [6.45, 7) is 4.99. The van der Waals surface area contributed by atoms with Crippen LogP contribution in [0.1, 0.15) is 25.5 Å². The van der Waals surface area contributed by atoms with Gasteiger partial charge in [-0.15, -0.1) is 0 Å². The minimum absolute atomic E-state index is 0.147. The van der Waals surface area contributed by atoms with Gasteiger partial charge in [0.25, 0.3) is 0 Å². The van der Waals surface area contributed by atoms with Crippen molar-refractivity contribution in [1.29, 1.82) is 0 Å². The normalized spacial score (nSPS) is 12.4. The van der Waals surface area contributed by atoms with Gasteiger partial charge in [0, 0.05) is 18.8 Å². The monoisotopic (exact) mass is 283 g/mol. The highest BCUT2D eigenvalue weighted by Gasteiger charge is 2.08. The maximum atomic E-state index is 6.01. The summed E-state index contributed by atoms with van der Waals surface area (Å²) >= 11 is 11.9. The number of aromatic nitrogens is 2. The van der Waals surface area contributed by atoms with Crippen LogP contribution >= 0.6 is 23.2 Å². The van der Waals surface area contributed by atoms with Gasteiger partial charge in [0.1, 0.15) is 0 Å². The van der Waals surface area contributed by atoms with Gasteiger partial charge in [0.15, 0.2) is 0 Å². The van der Waals surface area contributed by atoms with Crippen molar-refractivity contribution in [2.45, 2.75) is 26.4 Å². The zero-order chi connectivity index (χ0) is 13.1. The van der Waals surface area contributed by atoms with E-state index in [1.807, 2.05) is 35.3 Å². The van der Waals surface area contributed by atoms with E-state index in [4.69, 9.17) is 23.2 Å². The first kappa shape index (κ1) is 13.2. The molecule has 0 saturated heterocycles. The minimum Gasteiger partial charge on any atom is -0.376 e. The predicted molar refractivity (Wildman–Crippen MR) is 76.4 cm³/mol. The number of nitrogens with zero attached hydrogens (tertiary/aromatic N) is 2. The molecule has 1 heterocycles. The van der Waals surface area contributed by atoms with Gasteiger partial charge in [0.2, 0.25) is 0 Å². The molecule has 0 bridgehead atoms. The third-order valence-electron chi connectivity index (χ3n) is 2.78. The fourth-order valence-corrected chi connectivity index (χ4v) is 2.03. The van der Waals surface area contributed by atoms with E-state index in [2.05, 4.69) is 24.3 Å². The Labute approximate surface area is 117 Å². The quantitative estimate of drug-likeness (QED) is 0.902. The van der Waals surface area contributed by atoms with E-state index in [9.17, 15) is 0 Å². The van der Waals surface area contributed by atoms with E-state index in [1.54, 1.807) is 0 Å². The van der Waals surface area contributed by atoms with Crippen molar-refractivity contribution in [1.82, 2.24) is 9.78 Å². The van der Waals surface area contributed by atoms with E-state index < -0.39 is 0 Å². The van der Waals surface area contributed by atoms with E-state index in [1.165, 1.54) is 0 Å². The molecule has 1 N–H and O–H groups in total. The van der Waals surface area contributed by atoms with Crippen LogP contribution in [0.2, 0.25) is 10.0 Å². The first-order valence-corrected chi connectivity index (χ1v) is 6.59. The van der Waals surface area contributed by atoms with Gasteiger partial charge in [-0.05, 0) is 31.5 Å². The number of benzene rings is 1. The number of nitrogens with one attached hydrogen (secondary N) is 1. The van der Waals surface area contributed by atoms with Crippen molar-refractivity contribution in [3.63, 3.8) is 0 Å². The average molecular weight is 284 g/mol. The van der Waals surface area contributed by atoms with E-state index in [0.717, 1.165) is 17.8 Å². The van der Waals surface area contributed by atoms with E-state index in [-0.39, 0.29) is 6.04 Å². The summed E-state index contributed by atoms with van der Waals surface area (Å²) in [5, 5.41) is 8.75. The van der Waals surface area contributed by atoms with Crippen molar-refractivity contribution in [3.8, 4) is 0 Å². The molecule has 0 aliphatic heterocycles. The third kappa shape index (κ3) is 2.98. The van der Waals surface area contributed by atoms with Gasteiger partial charge in [-0.3, -0.25) is 4.68 Å². The molecule has 0 saturated carbocycles. The van der Waals surface area contributed by atoms with Crippen LogP contribution in [0.5, 0.6) is 0 Å². The molecule has 0 aliphatic rings. The molecule has 0 radical (unpaired) electrons. The Balaban J connectivity index is 2.11. The highest BCUT2D eigenvalue weighted by molar-refractivity contribution is 6.42. The van der Waals surface area contributed by atoms with Crippen LogP contribution in [0.25, 0.3) is 0 Å². The van der Waals surface area contributed by atoms with Crippen molar-refractivity contribution in [3.05, 3.63) is 46.2 Å². The fourth-order valence-electron chi connectivity index (χ4n) is 1.73. The first-order valence-electron chi connectivity index (χ1n) is 5.84. The molecular weight excluding hydrogens is 269 g/mol. The smallest absolute Gasteiger partial charge is 0.0731 e. The maximum Gasteiger partial charge on any atom is 0.0731 e. The summed E-state index contributed by atoms with van der Waals surface area (Å²) < 4.78 is 1.88. The lowest BCUT2D eigenvalue weighted by Gasteiger charge is -2.14. The molecule has 1 atom stereocenters. The van der Waals surface area contributed by atoms with Crippen molar-refractivity contribution < 1.29 is 0 Å². The largest absolute Gasteiger partial charge is 0.376 e. The summed E-state index contributed by atoms with van der Waals surface area (Å²) in [6.07, 6.45) is 3.80. The van der Waals surface area contributed by atoms with Crippen LogP contribution in [0.3, 0.4) is 0 Å². The van der Waals surface area contributed by atoms with E-state index in [0.29, 0.717) is 10.0 Å². The Bertz CT molecular complexity index is 537. The minimum atomic E-state index is 0.147. The lowest BCUT2D eigenvalue weighted by atomic mass is 10.1. The SMILES string of the molecule is CCn1cc(NC(C)c2ccc(Cl)c(Cl)c2)cn1. The van der Waals surface area contributed by atoms with Gasteiger partial charge < -0.3 is 5.32 Å². The molecule has 1 aromatic heterocycles. The average Bonchev–Trinajstić information content (AvgIpc) is 2.80. The van der Waals surface area contributed by atoms with Gasteiger partial charge in [-0.25, -0.2) is 0 Å². The van der Waals surface area contributed by atoms with Crippen LogP contribution in [-0.4, -0.2) is 9.78 Å². The van der Waals surface area contributed by atoms with Crippen molar-refractivity contribution in [2.24, 2.45) is 0 Å². The number of halogens is 2. The van der Waals surface area contributed by atoms with E-state index >= 15 is 0 Å². The second-order valence-electron chi connectivity index (χ2n) is 4.12. The highest BCUT2D eigenvalue weighted by Crippen LogP contribution is 2.27. The molecule has 5 heteroatoms. The number of aryl methyl sites for hydroxylation is 1. The zero-order valence-electron chi connectivity index (χ0n) is 10.3. The Hall–Kier alpha value is -1.19. The molecule has 0 spiro atoms. The number of anilines is 1. The molecule has 2 rings (SSSR count). The Morgan fingerprint density at radius 1 is 1.33 bits per heavy atom. The van der Waals surface area contributed by atoms with Crippen LogP contribution in [0.15, 0.2) is 30.6 Å². The lowest BCUT2D eigenvalue weighted by molar-refractivity contribution is 0.660. The number of hydrogen-bond donors (Lipinski definition) is 1. The molecule has 2 aromatic rings. The fraction of sp³-hybridized carbons (Fsp3) is 0.308. The molecule has 1 aromatic carbocycles. The molecule has 3 nitrogen and oxygen atoms in total. The van der Waals surface area contributed by atoms with Gasteiger partial charge in [-0.2, -0.15) is 5.10 Å². The number of hydrogen-bond acceptors (Lipinski definition) is 2. The van der Waals surface area contributed by atoms with Crippen LogP contribution in [-0.2, 0) is 6.54 Å². The molecule has 0 aliphatic carbocycles. The van der Waals surface area contributed by atoms with Gasteiger partial charge in [0.05, 0.1) is 21.9 Å². The summed E-state index contributed by atoms with van der Waals surface area (Å²) in [5.41, 5.74) is 2.09. The Kier molecular flexibility index (Phi) is 4.15. The standard InChI is InChI=1S/C13H15Cl2N3/c1-3-18-8-11(7-16-18)17-9(2)10-4-5-12(14)13(15)6-10/h4-9,17H,3H2,1-2H3. The summed E-state index contributed by atoms with van der Waals surface area (Å²) in [6, 6.07) is 5.81. The second-order valence-corrected chi connectivity index (χ2v) is 4.94. The molecule has 96 valence electrons. The topological polar surface area (TPSA) is 29.9 Å². The molecule has 0 amide bonds. The van der Waals surface area contributed by atoms with Crippen LogP contribution in [0, 0.1) is 0 Å². The zero-order valence-corrected chi connectivity index (χ0v) is 11.8. The Morgan fingerprint density at radius 3 is 2.72 bits per heavy atom. The first-order chi connectivity index (χ1) is 8.60. The summed E-state index contributed by atoms with van der Waals surface area (Å²) in [5.74, 6) is 0. The second kappa shape index (κ2) is 5.63. The van der Waals surface area contributed by atoms with Crippen molar-refractivity contribution >= 4 is 28.9 Å². The summed E-state index contributed by atoms with van der Waals surface area (Å²) in [4.78, 5) is 0. The summed E-state index contributed by atoms with van der Waals surface area (Å²) in [7, 11) is 0. The molecule has 1 unspecified atom stereocenters. The molecular formula is C13H15Cl2N3. The van der Waals surface area contributed by atoms with Gasteiger partial charge in [-0.1, -0.05) is 29.3 Å². The van der Waals surface area contributed by atoms with Gasteiger partial charge >= 0.3 is 0 Å². The predicted octanol–water partition coefficient (Wildman–Crippen LogP) is 4.38. The highest BCUT2D eigenvalue weighted by atomic mass is 35.5. The lowest BCUT2D eigenvalue weighted by Crippen LogP contribution is -2.06. The molecule has 0 fully saturated rings. The maximum absolute atomic E-state index is 6.01. The molecule has 18 heavy (non-hydrogen) atoms. The number of rotatable bonds is 4.